The molecular weight excluding hydrogens is 292 g/mol. The Labute approximate surface area is 137 Å². The number of hydrogen-bond acceptors (Lipinski definition) is 2. The van der Waals surface area contributed by atoms with Crippen molar-refractivity contribution in [3.05, 3.63) is 64.6 Å². The number of rotatable bonds is 4. The molecule has 2 nitrogen and oxygen atoms in total. The highest BCUT2D eigenvalue weighted by Gasteiger charge is 2.09. The lowest BCUT2D eigenvalue weighted by Gasteiger charge is -2.10. The molecule has 0 N–H and O–H groups in total. The fraction of sp³-hybridized carbons (Fsp3) is 0.263. The van der Waals surface area contributed by atoms with E-state index in [1.807, 2.05) is 38.3 Å². The van der Waals surface area contributed by atoms with Gasteiger partial charge in [-0.05, 0) is 50.5 Å². The molecule has 0 fully saturated rings. The van der Waals surface area contributed by atoms with Gasteiger partial charge < -0.3 is 0 Å². The van der Waals surface area contributed by atoms with Gasteiger partial charge in [0.2, 0.25) is 0 Å². The van der Waals surface area contributed by atoms with Gasteiger partial charge in [0, 0.05) is 21.7 Å². The first-order valence-electron chi connectivity index (χ1n) is 7.42. The van der Waals surface area contributed by atoms with Crippen LogP contribution in [0.15, 0.2) is 47.7 Å². The standard InChI is InChI=1S/C19H21ClN2/c1-6-14(20)10-16(12(3)4)18-9-8-15-13(5)17(7-2)21-11-19(15)22-18/h6,8-11H,3,7H2,1-2,4-5H3/b14-6+,16-10+. The summed E-state index contributed by atoms with van der Waals surface area (Å²) in [4.78, 5) is 9.25. The van der Waals surface area contributed by atoms with Gasteiger partial charge >= 0.3 is 0 Å². The Morgan fingerprint density at radius 3 is 2.68 bits per heavy atom. The molecule has 0 aliphatic rings. The molecule has 0 aliphatic heterocycles. The molecule has 0 aliphatic carbocycles. The summed E-state index contributed by atoms with van der Waals surface area (Å²) in [5.41, 5.74) is 5.96. The first-order valence-corrected chi connectivity index (χ1v) is 7.80. The SMILES string of the molecule is C=C(C)/C(=C\C(Cl)=C/C)c1ccc2c(C)c(CC)ncc2n1. The van der Waals surface area contributed by atoms with Gasteiger partial charge in [0.15, 0.2) is 0 Å². The van der Waals surface area contributed by atoms with Crippen LogP contribution >= 0.6 is 11.6 Å². The van der Waals surface area contributed by atoms with Crippen molar-refractivity contribution in [2.75, 3.05) is 0 Å². The highest BCUT2D eigenvalue weighted by molar-refractivity contribution is 6.31. The van der Waals surface area contributed by atoms with Crippen LogP contribution in [0, 0.1) is 6.92 Å². The molecule has 0 spiro atoms. The highest BCUT2D eigenvalue weighted by atomic mass is 35.5. The molecule has 0 unspecified atom stereocenters. The van der Waals surface area contributed by atoms with E-state index < -0.39 is 0 Å². The molecule has 2 heterocycles. The van der Waals surface area contributed by atoms with Crippen LogP contribution in [-0.4, -0.2) is 9.97 Å². The van der Waals surface area contributed by atoms with E-state index in [0.717, 1.165) is 39.9 Å². The number of halogens is 1. The predicted molar refractivity (Wildman–Crippen MR) is 96.1 cm³/mol. The topological polar surface area (TPSA) is 25.8 Å². The third-order valence-electron chi connectivity index (χ3n) is 3.73. The monoisotopic (exact) mass is 312 g/mol. The molecule has 2 aromatic rings. The Morgan fingerprint density at radius 2 is 2.09 bits per heavy atom. The summed E-state index contributed by atoms with van der Waals surface area (Å²) in [7, 11) is 0. The first kappa shape index (κ1) is 16.4. The van der Waals surface area contributed by atoms with E-state index in [0.29, 0.717) is 5.03 Å². The molecule has 2 rings (SSSR count). The number of hydrogen-bond donors (Lipinski definition) is 0. The van der Waals surface area contributed by atoms with E-state index >= 15 is 0 Å². The van der Waals surface area contributed by atoms with Crippen LogP contribution in [0.3, 0.4) is 0 Å². The first-order chi connectivity index (χ1) is 10.5. The van der Waals surface area contributed by atoms with Crippen molar-refractivity contribution >= 4 is 28.1 Å². The smallest absolute Gasteiger partial charge is 0.0895 e. The Balaban J connectivity index is 2.62. The lowest BCUT2D eigenvalue weighted by molar-refractivity contribution is 1.02. The van der Waals surface area contributed by atoms with Gasteiger partial charge in [-0.2, -0.15) is 0 Å². The Bertz CT molecular complexity index is 785. The number of aromatic nitrogens is 2. The van der Waals surface area contributed by atoms with Crippen molar-refractivity contribution in [2.45, 2.75) is 34.1 Å². The third kappa shape index (κ3) is 3.28. The maximum Gasteiger partial charge on any atom is 0.0895 e. The molecule has 0 atom stereocenters. The average molecular weight is 313 g/mol. The number of nitrogens with zero attached hydrogens (tertiary/aromatic N) is 2. The van der Waals surface area contributed by atoms with Gasteiger partial charge in [0.05, 0.1) is 17.4 Å². The zero-order chi connectivity index (χ0) is 16.3. The second kappa shape index (κ2) is 6.89. The summed E-state index contributed by atoms with van der Waals surface area (Å²) in [5.74, 6) is 0. The summed E-state index contributed by atoms with van der Waals surface area (Å²) in [5, 5.41) is 1.82. The van der Waals surface area contributed by atoms with E-state index in [-0.39, 0.29) is 0 Å². The lowest BCUT2D eigenvalue weighted by Crippen LogP contribution is -1.97. The maximum absolute atomic E-state index is 6.14. The van der Waals surface area contributed by atoms with Gasteiger partial charge in [-0.15, -0.1) is 0 Å². The van der Waals surface area contributed by atoms with Gasteiger partial charge in [-0.1, -0.05) is 37.2 Å². The van der Waals surface area contributed by atoms with Crippen LogP contribution in [0.1, 0.15) is 37.7 Å². The Hall–Kier alpha value is -1.93. The van der Waals surface area contributed by atoms with Crippen LogP contribution < -0.4 is 0 Å². The minimum absolute atomic E-state index is 0.676. The Kier molecular flexibility index (Phi) is 5.15. The molecule has 3 heteroatoms. The van der Waals surface area contributed by atoms with Crippen LogP contribution in [0.4, 0.5) is 0 Å². The maximum atomic E-state index is 6.14. The van der Waals surface area contributed by atoms with E-state index in [1.165, 1.54) is 5.56 Å². The third-order valence-corrected chi connectivity index (χ3v) is 4.06. The molecule has 22 heavy (non-hydrogen) atoms. The van der Waals surface area contributed by atoms with Crippen molar-refractivity contribution in [3.63, 3.8) is 0 Å². The van der Waals surface area contributed by atoms with E-state index in [2.05, 4.69) is 31.5 Å². The van der Waals surface area contributed by atoms with E-state index in [4.69, 9.17) is 16.6 Å². The zero-order valence-electron chi connectivity index (χ0n) is 13.6. The second-order valence-corrected chi connectivity index (χ2v) is 5.76. The molecule has 114 valence electrons. The summed E-state index contributed by atoms with van der Waals surface area (Å²) >= 11 is 6.14. The normalized spacial score (nSPS) is 12.8. The molecule has 0 saturated heterocycles. The quantitative estimate of drug-likeness (QED) is 0.686. The van der Waals surface area contributed by atoms with Crippen LogP contribution in [0.5, 0.6) is 0 Å². The summed E-state index contributed by atoms with van der Waals surface area (Å²) < 4.78 is 0. The Morgan fingerprint density at radius 1 is 1.36 bits per heavy atom. The van der Waals surface area contributed by atoms with Crippen LogP contribution in [-0.2, 0) is 6.42 Å². The molecule has 2 aromatic heterocycles. The minimum atomic E-state index is 0.676. The largest absolute Gasteiger partial charge is 0.259 e. The van der Waals surface area contributed by atoms with Gasteiger partial charge in [-0.3, -0.25) is 4.98 Å². The van der Waals surface area contributed by atoms with Gasteiger partial charge in [-0.25, -0.2) is 4.98 Å². The number of pyridine rings is 2. The minimum Gasteiger partial charge on any atom is -0.259 e. The summed E-state index contributed by atoms with van der Waals surface area (Å²) in [6.45, 7) is 12.1. The summed E-state index contributed by atoms with van der Waals surface area (Å²) in [6.07, 6.45) is 6.53. The second-order valence-electron chi connectivity index (χ2n) is 5.32. The van der Waals surface area contributed by atoms with Crippen molar-refractivity contribution < 1.29 is 0 Å². The fourth-order valence-electron chi connectivity index (χ4n) is 2.43. The van der Waals surface area contributed by atoms with Gasteiger partial charge in [0.25, 0.3) is 0 Å². The molecule has 0 radical (unpaired) electrons. The number of aryl methyl sites for hydroxylation is 2. The molecule has 0 bridgehead atoms. The van der Waals surface area contributed by atoms with Crippen molar-refractivity contribution in [1.82, 2.24) is 9.97 Å². The molecule has 0 saturated carbocycles. The summed E-state index contributed by atoms with van der Waals surface area (Å²) in [6, 6.07) is 4.13. The predicted octanol–water partition coefficient (Wildman–Crippen LogP) is 5.60. The van der Waals surface area contributed by atoms with Crippen molar-refractivity contribution in [2.24, 2.45) is 0 Å². The number of allylic oxidation sites excluding steroid dienone is 5. The lowest BCUT2D eigenvalue weighted by atomic mass is 10.0. The van der Waals surface area contributed by atoms with Crippen molar-refractivity contribution in [1.29, 1.82) is 0 Å². The number of fused-ring (bicyclic) bond motifs is 1. The van der Waals surface area contributed by atoms with Gasteiger partial charge in [0.1, 0.15) is 0 Å². The molecule has 0 amide bonds. The molecular formula is C19H21ClN2. The molecule has 0 aromatic carbocycles. The van der Waals surface area contributed by atoms with E-state index in [1.54, 1.807) is 0 Å². The highest BCUT2D eigenvalue weighted by Crippen LogP contribution is 2.26. The fourth-order valence-corrected chi connectivity index (χ4v) is 2.53. The van der Waals surface area contributed by atoms with Crippen LogP contribution in [0.2, 0.25) is 0 Å². The van der Waals surface area contributed by atoms with E-state index in [9.17, 15) is 0 Å². The van der Waals surface area contributed by atoms with Crippen LogP contribution in [0.25, 0.3) is 16.5 Å². The average Bonchev–Trinajstić information content (AvgIpc) is 2.52. The zero-order valence-corrected chi connectivity index (χ0v) is 14.3. The van der Waals surface area contributed by atoms with Crippen molar-refractivity contribution in [3.8, 4) is 0 Å².